The maximum atomic E-state index is 11.1. The first-order valence-electron chi connectivity index (χ1n) is 6.64. The second-order valence-electron chi connectivity index (χ2n) is 4.55. The van der Waals surface area contributed by atoms with Gasteiger partial charge in [0.05, 0.1) is 13.7 Å². The summed E-state index contributed by atoms with van der Waals surface area (Å²) in [4.78, 5) is 11.1. The fourth-order valence-electron chi connectivity index (χ4n) is 1.97. The van der Waals surface area contributed by atoms with E-state index in [9.17, 15) is 4.79 Å². The van der Waals surface area contributed by atoms with Crippen LogP contribution in [0.4, 0.5) is 0 Å². The van der Waals surface area contributed by atoms with Crippen LogP contribution in [0, 0.1) is 6.92 Å². The normalized spacial score (nSPS) is 12.0. The lowest BCUT2D eigenvalue weighted by Gasteiger charge is -2.17. The molecule has 0 saturated heterocycles. The Kier molecular flexibility index (Phi) is 6.36. The van der Waals surface area contributed by atoms with E-state index >= 15 is 0 Å². The zero-order chi connectivity index (χ0) is 14.3. The number of rotatable bonds is 7. The van der Waals surface area contributed by atoms with Gasteiger partial charge >= 0.3 is 5.97 Å². The predicted octanol–water partition coefficient (Wildman–Crippen LogP) is 2.74. The second-order valence-corrected chi connectivity index (χ2v) is 4.55. The third kappa shape index (κ3) is 4.91. The van der Waals surface area contributed by atoms with Gasteiger partial charge in [0, 0.05) is 18.0 Å². The molecule has 1 aromatic carbocycles. The Balaban J connectivity index is 2.66. The number of carbonyl (C=O) groups is 1. The van der Waals surface area contributed by atoms with Crippen molar-refractivity contribution in [2.75, 3.05) is 13.7 Å². The molecule has 0 saturated carbocycles. The number of hydrogen-bond acceptors (Lipinski definition) is 4. The van der Waals surface area contributed by atoms with E-state index in [4.69, 9.17) is 10.5 Å². The van der Waals surface area contributed by atoms with Crippen molar-refractivity contribution in [3.05, 3.63) is 29.3 Å². The van der Waals surface area contributed by atoms with Crippen LogP contribution in [0.25, 0.3) is 0 Å². The summed E-state index contributed by atoms with van der Waals surface area (Å²) in [5.74, 6) is 0.639. The van der Waals surface area contributed by atoms with Gasteiger partial charge in [0.1, 0.15) is 5.75 Å². The van der Waals surface area contributed by atoms with Crippen LogP contribution < -0.4 is 10.5 Å². The number of ether oxygens (including phenoxy) is 2. The Labute approximate surface area is 114 Å². The summed E-state index contributed by atoms with van der Waals surface area (Å²) in [6, 6.07) is 5.89. The lowest BCUT2D eigenvalue weighted by molar-refractivity contribution is -0.140. The Morgan fingerprint density at radius 1 is 1.42 bits per heavy atom. The van der Waals surface area contributed by atoms with Crippen LogP contribution in [0.2, 0.25) is 0 Å². The van der Waals surface area contributed by atoms with Crippen molar-refractivity contribution in [1.82, 2.24) is 0 Å². The molecule has 0 aliphatic heterocycles. The molecule has 0 heterocycles. The van der Waals surface area contributed by atoms with Crippen LogP contribution in [0.5, 0.6) is 5.75 Å². The molecule has 19 heavy (non-hydrogen) atoms. The molecule has 0 aromatic heterocycles. The molecule has 0 aliphatic rings. The van der Waals surface area contributed by atoms with E-state index in [0.717, 1.165) is 23.3 Å². The Hall–Kier alpha value is -1.55. The van der Waals surface area contributed by atoms with Crippen LogP contribution in [0.3, 0.4) is 0 Å². The highest BCUT2D eigenvalue weighted by Gasteiger charge is 2.13. The van der Waals surface area contributed by atoms with Gasteiger partial charge in [0.25, 0.3) is 0 Å². The lowest BCUT2D eigenvalue weighted by Crippen LogP contribution is -2.13. The van der Waals surface area contributed by atoms with E-state index in [-0.39, 0.29) is 12.0 Å². The number of carbonyl (C=O) groups excluding carboxylic acids is 1. The summed E-state index contributed by atoms with van der Waals surface area (Å²) in [7, 11) is 1.40. The van der Waals surface area contributed by atoms with Crippen LogP contribution in [0.1, 0.15) is 43.4 Å². The van der Waals surface area contributed by atoms with Gasteiger partial charge in [-0.25, -0.2) is 0 Å². The van der Waals surface area contributed by atoms with Crippen molar-refractivity contribution in [2.24, 2.45) is 5.73 Å². The zero-order valence-corrected chi connectivity index (χ0v) is 11.9. The first-order valence-corrected chi connectivity index (χ1v) is 6.64. The van der Waals surface area contributed by atoms with Crippen LogP contribution in [0.15, 0.2) is 18.2 Å². The van der Waals surface area contributed by atoms with Crippen LogP contribution >= 0.6 is 0 Å². The van der Waals surface area contributed by atoms with Crippen molar-refractivity contribution in [3.8, 4) is 5.75 Å². The van der Waals surface area contributed by atoms with Gasteiger partial charge in [-0.2, -0.15) is 0 Å². The fraction of sp³-hybridized carbons (Fsp3) is 0.533. The van der Waals surface area contributed by atoms with Gasteiger partial charge in [-0.05, 0) is 32.8 Å². The number of hydrogen-bond donors (Lipinski definition) is 1. The lowest BCUT2D eigenvalue weighted by atomic mass is 9.99. The molecule has 4 heteroatoms. The molecule has 0 fully saturated rings. The van der Waals surface area contributed by atoms with E-state index < -0.39 is 0 Å². The third-order valence-corrected chi connectivity index (χ3v) is 2.99. The molecular weight excluding hydrogens is 242 g/mol. The molecule has 2 N–H and O–H groups in total. The molecular formula is C15H23NO3. The molecule has 4 nitrogen and oxygen atoms in total. The summed E-state index contributed by atoms with van der Waals surface area (Å²) < 4.78 is 10.2. The average Bonchev–Trinajstić information content (AvgIpc) is 2.40. The summed E-state index contributed by atoms with van der Waals surface area (Å²) in [5.41, 5.74) is 8.35. The maximum Gasteiger partial charge on any atom is 0.305 e. The topological polar surface area (TPSA) is 61.5 Å². The van der Waals surface area contributed by atoms with Gasteiger partial charge in [-0.3, -0.25) is 4.79 Å². The second kappa shape index (κ2) is 7.79. The first kappa shape index (κ1) is 15.5. The summed E-state index contributed by atoms with van der Waals surface area (Å²) in [6.07, 6.45) is 1.85. The van der Waals surface area contributed by atoms with Gasteiger partial charge in [0.15, 0.2) is 0 Å². The number of methoxy groups -OCH3 is 1. The van der Waals surface area contributed by atoms with Crippen molar-refractivity contribution < 1.29 is 14.3 Å². The van der Waals surface area contributed by atoms with E-state index in [2.05, 4.69) is 4.74 Å². The van der Waals surface area contributed by atoms with Crippen molar-refractivity contribution in [1.29, 1.82) is 0 Å². The highest BCUT2D eigenvalue weighted by Crippen LogP contribution is 2.28. The van der Waals surface area contributed by atoms with Gasteiger partial charge in [0.2, 0.25) is 0 Å². The van der Waals surface area contributed by atoms with E-state index in [1.54, 1.807) is 0 Å². The molecule has 0 aliphatic carbocycles. The summed E-state index contributed by atoms with van der Waals surface area (Å²) in [5, 5.41) is 0. The number of esters is 1. The number of aryl methyl sites for hydroxylation is 1. The van der Waals surface area contributed by atoms with Gasteiger partial charge in [-0.1, -0.05) is 17.7 Å². The maximum absolute atomic E-state index is 11.1. The smallest absolute Gasteiger partial charge is 0.305 e. The average molecular weight is 265 g/mol. The minimum absolute atomic E-state index is 0.119. The zero-order valence-electron chi connectivity index (χ0n) is 11.9. The van der Waals surface area contributed by atoms with Crippen molar-refractivity contribution >= 4 is 5.97 Å². The first-order chi connectivity index (χ1) is 9.08. The molecule has 0 radical (unpaired) electrons. The van der Waals surface area contributed by atoms with E-state index in [1.807, 2.05) is 32.0 Å². The number of nitrogens with two attached hydrogens (primary N) is 1. The highest BCUT2D eigenvalue weighted by atomic mass is 16.5. The van der Waals surface area contributed by atoms with Crippen molar-refractivity contribution in [3.63, 3.8) is 0 Å². The minimum atomic E-state index is -0.193. The Bertz CT molecular complexity index is 418. The van der Waals surface area contributed by atoms with Crippen LogP contribution in [-0.4, -0.2) is 19.7 Å². The van der Waals surface area contributed by atoms with E-state index in [0.29, 0.717) is 19.4 Å². The Morgan fingerprint density at radius 3 is 2.79 bits per heavy atom. The third-order valence-electron chi connectivity index (χ3n) is 2.99. The standard InChI is InChI=1S/C15H23NO3/c1-4-19-14-9-8-11(2)10-12(14)13(16)6-5-7-15(17)18-3/h8-10,13H,4-7,16H2,1-3H3. The summed E-state index contributed by atoms with van der Waals surface area (Å²) >= 11 is 0. The molecule has 1 aromatic rings. The highest BCUT2D eigenvalue weighted by molar-refractivity contribution is 5.69. The van der Waals surface area contributed by atoms with Gasteiger partial charge < -0.3 is 15.2 Å². The molecule has 106 valence electrons. The van der Waals surface area contributed by atoms with E-state index in [1.165, 1.54) is 7.11 Å². The molecule has 0 amide bonds. The molecule has 1 unspecified atom stereocenters. The predicted molar refractivity (Wildman–Crippen MR) is 75.1 cm³/mol. The summed E-state index contributed by atoms with van der Waals surface area (Å²) in [6.45, 7) is 4.59. The van der Waals surface area contributed by atoms with Crippen LogP contribution in [-0.2, 0) is 9.53 Å². The largest absolute Gasteiger partial charge is 0.494 e. The molecule has 0 spiro atoms. The van der Waals surface area contributed by atoms with Crippen molar-refractivity contribution in [2.45, 2.75) is 39.2 Å². The molecule has 0 bridgehead atoms. The molecule has 1 atom stereocenters. The number of benzene rings is 1. The molecule has 1 rings (SSSR count). The monoisotopic (exact) mass is 265 g/mol. The Morgan fingerprint density at radius 2 is 2.16 bits per heavy atom. The fourth-order valence-corrected chi connectivity index (χ4v) is 1.97. The quantitative estimate of drug-likeness (QED) is 0.770. The van der Waals surface area contributed by atoms with Gasteiger partial charge in [-0.15, -0.1) is 0 Å². The SMILES string of the molecule is CCOc1ccc(C)cc1C(N)CCCC(=O)OC. The minimum Gasteiger partial charge on any atom is -0.494 e.